The van der Waals surface area contributed by atoms with Gasteiger partial charge in [0.05, 0.1) is 6.42 Å². The Balaban J connectivity index is 0.000001000. The monoisotopic (exact) mass is 346 g/mol. The van der Waals surface area contributed by atoms with Gasteiger partial charge in [-0.1, -0.05) is 30.3 Å². The van der Waals surface area contributed by atoms with Gasteiger partial charge in [-0.2, -0.15) is 0 Å². The molecule has 3 heteroatoms. The number of benzene rings is 1. The Morgan fingerprint density at radius 3 is 2.27 bits per heavy atom. The summed E-state index contributed by atoms with van der Waals surface area (Å²) in [6.45, 7) is 0. The standard InChI is InChI=1S/C8H8O2.Pb.2H/c9-8(10)6-7-4-2-1-3-5-7;;;/h1-5H,6H2,(H,9,10);;;. The van der Waals surface area contributed by atoms with E-state index < -0.39 is 5.97 Å². The van der Waals surface area contributed by atoms with Gasteiger partial charge in [0.15, 0.2) is 0 Å². The summed E-state index contributed by atoms with van der Waals surface area (Å²) in [6, 6.07) is 9.13. The van der Waals surface area contributed by atoms with Crippen molar-refractivity contribution in [2.24, 2.45) is 0 Å². The molecule has 0 heterocycles. The van der Waals surface area contributed by atoms with Crippen molar-refractivity contribution in [1.29, 1.82) is 0 Å². The summed E-state index contributed by atoms with van der Waals surface area (Å²) < 4.78 is 0. The van der Waals surface area contributed by atoms with E-state index in [0.29, 0.717) is 0 Å². The molecular weight excluding hydrogens is 335 g/mol. The van der Waals surface area contributed by atoms with Crippen LogP contribution in [-0.4, -0.2) is 38.4 Å². The number of carboxylic acid groups (broad SMARTS) is 1. The van der Waals surface area contributed by atoms with Gasteiger partial charge in [-0.25, -0.2) is 0 Å². The first-order chi connectivity index (χ1) is 4.79. The fourth-order valence-corrected chi connectivity index (χ4v) is 0.770. The zero-order chi connectivity index (χ0) is 7.40. The molecule has 0 spiro atoms. The van der Waals surface area contributed by atoms with Gasteiger partial charge in [0, 0.05) is 0 Å². The molecule has 1 rings (SSSR count). The minimum atomic E-state index is -0.786. The molecule has 0 aliphatic carbocycles. The molecule has 0 bridgehead atoms. The van der Waals surface area contributed by atoms with E-state index in [2.05, 4.69) is 0 Å². The number of hydrogen-bond acceptors (Lipinski definition) is 1. The summed E-state index contributed by atoms with van der Waals surface area (Å²) in [5.41, 5.74) is 0.843. The Morgan fingerprint density at radius 2 is 1.82 bits per heavy atom. The normalized spacial score (nSPS) is 8.36. The van der Waals surface area contributed by atoms with E-state index in [4.69, 9.17) is 5.11 Å². The van der Waals surface area contributed by atoms with Crippen molar-refractivity contribution in [3.8, 4) is 0 Å². The first-order valence-corrected chi connectivity index (χ1v) is 3.05. The van der Waals surface area contributed by atoms with Crippen LogP contribution in [0.5, 0.6) is 0 Å². The Hall–Kier alpha value is -0.388. The Bertz CT molecular complexity index is 221. The second-order valence-corrected chi connectivity index (χ2v) is 2.06. The molecular formula is C8H10O2Pb. The molecule has 1 aromatic rings. The first kappa shape index (κ1) is 10.6. The van der Waals surface area contributed by atoms with Gasteiger partial charge in [-0.3, -0.25) is 4.79 Å². The minimum absolute atomic E-state index is 0. The Labute approximate surface area is 85.4 Å². The van der Waals surface area contributed by atoms with Crippen molar-refractivity contribution in [3.05, 3.63) is 35.9 Å². The van der Waals surface area contributed by atoms with Gasteiger partial charge in [-0.15, -0.1) is 0 Å². The Morgan fingerprint density at radius 1 is 1.27 bits per heavy atom. The number of hydrogen-bond donors (Lipinski definition) is 1. The topological polar surface area (TPSA) is 37.3 Å². The summed E-state index contributed by atoms with van der Waals surface area (Å²) in [7, 11) is 0. The van der Waals surface area contributed by atoms with Crippen LogP contribution in [0.1, 0.15) is 5.56 Å². The average Bonchev–Trinajstić information content (AvgIpc) is 1.88. The Kier molecular flexibility index (Phi) is 5.10. The second-order valence-electron chi connectivity index (χ2n) is 2.06. The third-order valence-corrected chi connectivity index (χ3v) is 1.20. The third kappa shape index (κ3) is 4.13. The zero-order valence-electron chi connectivity index (χ0n) is 6.16. The van der Waals surface area contributed by atoms with Gasteiger partial charge in [0.1, 0.15) is 0 Å². The summed E-state index contributed by atoms with van der Waals surface area (Å²) in [4.78, 5) is 10.2. The first-order valence-electron chi connectivity index (χ1n) is 3.05. The van der Waals surface area contributed by atoms with Crippen molar-refractivity contribution in [3.63, 3.8) is 0 Å². The predicted molar refractivity (Wildman–Crippen MR) is 46.3 cm³/mol. The van der Waals surface area contributed by atoms with E-state index in [1.54, 1.807) is 12.1 Å². The average molecular weight is 345 g/mol. The van der Waals surface area contributed by atoms with Gasteiger partial charge < -0.3 is 5.11 Å². The molecule has 2 nitrogen and oxygen atoms in total. The second kappa shape index (κ2) is 5.29. The van der Waals surface area contributed by atoms with E-state index in [0.717, 1.165) is 5.56 Å². The molecule has 0 aliphatic heterocycles. The molecule has 2 radical (unpaired) electrons. The molecule has 0 saturated carbocycles. The van der Waals surface area contributed by atoms with E-state index in [1.165, 1.54) is 0 Å². The number of carbonyl (C=O) groups is 1. The van der Waals surface area contributed by atoms with Crippen LogP contribution >= 0.6 is 0 Å². The van der Waals surface area contributed by atoms with Crippen molar-refractivity contribution in [2.45, 2.75) is 6.42 Å². The van der Waals surface area contributed by atoms with Crippen LogP contribution in [-0.2, 0) is 11.2 Å². The molecule has 0 saturated heterocycles. The predicted octanol–water partition coefficient (Wildman–Crippen LogP) is 0.398. The van der Waals surface area contributed by atoms with Gasteiger partial charge in [0.2, 0.25) is 0 Å². The summed E-state index contributed by atoms with van der Waals surface area (Å²) in [5, 5.41) is 8.37. The van der Waals surface area contributed by atoms with Crippen LogP contribution in [0.15, 0.2) is 30.3 Å². The van der Waals surface area contributed by atoms with Crippen LogP contribution < -0.4 is 0 Å². The molecule has 0 unspecified atom stereocenters. The van der Waals surface area contributed by atoms with Gasteiger partial charge in [-0.05, 0) is 5.56 Å². The van der Waals surface area contributed by atoms with Crippen LogP contribution in [0.3, 0.4) is 0 Å². The number of carboxylic acids is 1. The molecule has 1 N–H and O–H groups in total. The summed E-state index contributed by atoms with van der Waals surface area (Å²) in [6.07, 6.45) is 0.112. The van der Waals surface area contributed by atoms with Crippen LogP contribution in [0, 0.1) is 0 Å². The molecule has 1 aromatic carbocycles. The van der Waals surface area contributed by atoms with E-state index in [9.17, 15) is 4.79 Å². The maximum atomic E-state index is 10.2. The molecule has 0 atom stereocenters. The van der Waals surface area contributed by atoms with Crippen molar-refractivity contribution >= 4 is 33.3 Å². The van der Waals surface area contributed by atoms with E-state index >= 15 is 0 Å². The van der Waals surface area contributed by atoms with E-state index in [1.807, 2.05) is 18.2 Å². The summed E-state index contributed by atoms with van der Waals surface area (Å²) in [5.74, 6) is -0.786. The van der Waals surface area contributed by atoms with Crippen molar-refractivity contribution < 1.29 is 9.90 Å². The number of aliphatic carboxylic acids is 1. The van der Waals surface area contributed by atoms with Crippen LogP contribution in [0.4, 0.5) is 0 Å². The maximum absolute atomic E-state index is 10.2. The molecule has 0 aromatic heterocycles. The fraction of sp³-hybridized carbons (Fsp3) is 0.125. The fourth-order valence-electron chi connectivity index (χ4n) is 0.770. The van der Waals surface area contributed by atoms with Crippen LogP contribution in [0.2, 0.25) is 0 Å². The van der Waals surface area contributed by atoms with Crippen molar-refractivity contribution in [1.82, 2.24) is 0 Å². The molecule has 0 amide bonds. The van der Waals surface area contributed by atoms with E-state index in [-0.39, 0.29) is 33.7 Å². The molecule has 0 fully saturated rings. The van der Waals surface area contributed by atoms with Gasteiger partial charge >= 0.3 is 33.3 Å². The quantitative estimate of drug-likeness (QED) is 0.788. The molecule has 58 valence electrons. The molecule has 11 heavy (non-hydrogen) atoms. The van der Waals surface area contributed by atoms with Gasteiger partial charge in [0.25, 0.3) is 0 Å². The number of rotatable bonds is 2. The zero-order valence-corrected chi connectivity index (χ0v) is 11.7. The summed E-state index contributed by atoms with van der Waals surface area (Å²) >= 11 is 0. The van der Waals surface area contributed by atoms with Crippen molar-refractivity contribution in [2.75, 3.05) is 0 Å². The molecule has 0 aliphatic rings. The van der Waals surface area contributed by atoms with Crippen LogP contribution in [0.25, 0.3) is 0 Å². The third-order valence-electron chi connectivity index (χ3n) is 1.20. The SMILES string of the molecule is O=C(O)Cc1ccccc1.[PbH2].